The standard InChI is InChI=1S/C12H17N3O2.ClH/c1-8-7-15(4-3-13-8)12(17)11-5-10(6-14-11)9(2)16;/h5-6,8,13-14H,3-4,7H2,1-2H3;1H/t8-;/m1./s1. The van der Waals surface area contributed by atoms with E-state index in [-0.39, 0.29) is 24.1 Å². The Labute approximate surface area is 112 Å². The number of amides is 1. The van der Waals surface area contributed by atoms with E-state index >= 15 is 0 Å². The predicted molar refractivity (Wildman–Crippen MR) is 71.4 cm³/mol. The summed E-state index contributed by atoms with van der Waals surface area (Å²) in [5.41, 5.74) is 1.04. The maximum atomic E-state index is 12.1. The first-order valence-corrected chi connectivity index (χ1v) is 5.80. The minimum Gasteiger partial charge on any atom is -0.356 e. The van der Waals surface area contributed by atoms with E-state index in [0.717, 1.165) is 6.54 Å². The lowest BCUT2D eigenvalue weighted by Crippen LogP contribution is -2.51. The second kappa shape index (κ2) is 6.02. The summed E-state index contributed by atoms with van der Waals surface area (Å²) >= 11 is 0. The Balaban J connectivity index is 0.00000162. The summed E-state index contributed by atoms with van der Waals surface area (Å²) in [6.07, 6.45) is 1.58. The summed E-state index contributed by atoms with van der Waals surface area (Å²) < 4.78 is 0. The average Bonchev–Trinajstić information content (AvgIpc) is 2.77. The largest absolute Gasteiger partial charge is 0.356 e. The number of aromatic nitrogens is 1. The molecule has 1 atom stereocenters. The number of halogens is 1. The molecule has 18 heavy (non-hydrogen) atoms. The fourth-order valence-corrected chi connectivity index (χ4v) is 2.01. The monoisotopic (exact) mass is 271 g/mol. The van der Waals surface area contributed by atoms with Crippen molar-refractivity contribution in [1.82, 2.24) is 15.2 Å². The highest BCUT2D eigenvalue weighted by Crippen LogP contribution is 2.09. The number of hydrogen-bond acceptors (Lipinski definition) is 3. The van der Waals surface area contributed by atoms with Crippen LogP contribution in [0.3, 0.4) is 0 Å². The molecule has 2 N–H and O–H groups in total. The molecular formula is C12H18ClN3O2. The quantitative estimate of drug-likeness (QED) is 0.791. The van der Waals surface area contributed by atoms with Gasteiger partial charge < -0.3 is 15.2 Å². The highest BCUT2D eigenvalue weighted by Gasteiger charge is 2.22. The summed E-state index contributed by atoms with van der Waals surface area (Å²) in [5.74, 6) is -0.0696. The number of rotatable bonds is 2. The normalized spacial score (nSPS) is 19.2. The lowest BCUT2D eigenvalue weighted by Gasteiger charge is -2.31. The number of Topliss-reactive ketones (excluding diaryl/α,β-unsaturated/α-hetero) is 1. The fraction of sp³-hybridized carbons (Fsp3) is 0.500. The second-order valence-electron chi connectivity index (χ2n) is 4.46. The Hall–Kier alpha value is -1.33. The molecule has 0 radical (unpaired) electrons. The summed E-state index contributed by atoms with van der Waals surface area (Å²) in [6.45, 7) is 5.76. The van der Waals surface area contributed by atoms with Crippen molar-refractivity contribution in [2.24, 2.45) is 0 Å². The summed E-state index contributed by atoms with van der Waals surface area (Å²) in [6, 6.07) is 1.94. The van der Waals surface area contributed by atoms with Crippen molar-refractivity contribution in [3.05, 3.63) is 23.5 Å². The third-order valence-corrected chi connectivity index (χ3v) is 2.98. The minimum atomic E-state index is -0.0362. The van der Waals surface area contributed by atoms with E-state index in [9.17, 15) is 9.59 Å². The van der Waals surface area contributed by atoms with E-state index in [1.807, 2.05) is 0 Å². The number of nitrogens with one attached hydrogen (secondary N) is 2. The lowest BCUT2D eigenvalue weighted by molar-refractivity contribution is 0.0704. The zero-order valence-electron chi connectivity index (χ0n) is 10.5. The third kappa shape index (κ3) is 3.11. The van der Waals surface area contributed by atoms with E-state index in [4.69, 9.17) is 0 Å². The Kier molecular flexibility index (Phi) is 4.93. The van der Waals surface area contributed by atoms with Crippen LogP contribution in [-0.2, 0) is 0 Å². The van der Waals surface area contributed by atoms with E-state index in [0.29, 0.717) is 30.4 Å². The van der Waals surface area contributed by atoms with Crippen LogP contribution >= 0.6 is 12.4 Å². The number of aromatic amines is 1. The molecule has 1 aliphatic heterocycles. The van der Waals surface area contributed by atoms with Crippen LogP contribution in [0.2, 0.25) is 0 Å². The van der Waals surface area contributed by atoms with Gasteiger partial charge in [0.1, 0.15) is 5.69 Å². The van der Waals surface area contributed by atoms with Gasteiger partial charge in [0.05, 0.1) is 0 Å². The van der Waals surface area contributed by atoms with Gasteiger partial charge in [0.15, 0.2) is 5.78 Å². The van der Waals surface area contributed by atoms with Crippen molar-refractivity contribution < 1.29 is 9.59 Å². The Bertz CT molecular complexity index is 444. The predicted octanol–water partition coefficient (Wildman–Crippen LogP) is 1.07. The van der Waals surface area contributed by atoms with Gasteiger partial charge in [-0.25, -0.2) is 0 Å². The van der Waals surface area contributed by atoms with Gasteiger partial charge in [-0.1, -0.05) is 0 Å². The van der Waals surface area contributed by atoms with Crippen molar-refractivity contribution in [2.75, 3.05) is 19.6 Å². The lowest BCUT2D eigenvalue weighted by atomic mass is 10.2. The molecule has 0 saturated carbocycles. The number of nitrogens with zero attached hydrogens (tertiary/aromatic N) is 1. The van der Waals surface area contributed by atoms with Crippen LogP contribution < -0.4 is 5.32 Å². The molecule has 2 heterocycles. The molecule has 0 unspecified atom stereocenters. The van der Waals surface area contributed by atoms with E-state index in [2.05, 4.69) is 17.2 Å². The first-order valence-electron chi connectivity index (χ1n) is 5.80. The molecular weight excluding hydrogens is 254 g/mol. The summed E-state index contributed by atoms with van der Waals surface area (Å²) in [5, 5.41) is 3.28. The highest BCUT2D eigenvalue weighted by atomic mass is 35.5. The molecule has 0 aromatic carbocycles. The van der Waals surface area contributed by atoms with Crippen LogP contribution in [0, 0.1) is 0 Å². The molecule has 0 aliphatic carbocycles. The number of carbonyl (C=O) groups excluding carboxylic acids is 2. The number of hydrogen-bond donors (Lipinski definition) is 2. The fourth-order valence-electron chi connectivity index (χ4n) is 2.01. The van der Waals surface area contributed by atoms with Gasteiger partial charge in [-0.05, 0) is 19.9 Å². The third-order valence-electron chi connectivity index (χ3n) is 2.98. The van der Waals surface area contributed by atoms with Gasteiger partial charge in [-0.3, -0.25) is 9.59 Å². The molecule has 1 aromatic heterocycles. The average molecular weight is 272 g/mol. The number of carbonyl (C=O) groups is 2. The topological polar surface area (TPSA) is 65.2 Å². The number of piperazine rings is 1. The summed E-state index contributed by atoms with van der Waals surface area (Å²) in [4.78, 5) is 28.0. The zero-order valence-corrected chi connectivity index (χ0v) is 11.3. The number of H-pyrrole nitrogens is 1. The molecule has 1 amide bonds. The van der Waals surface area contributed by atoms with E-state index in [1.165, 1.54) is 6.92 Å². The van der Waals surface area contributed by atoms with E-state index < -0.39 is 0 Å². The van der Waals surface area contributed by atoms with Crippen LogP contribution in [0.1, 0.15) is 34.7 Å². The van der Waals surface area contributed by atoms with Gasteiger partial charge in [-0.15, -0.1) is 12.4 Å². The van der Waals surface area contributed by atoms with Crippen LogP contribution in [0.5, 0.6) is 0 Å². The van der Waals surface area contributed by atoms with Crippen LogP contribution in [-0.4, -0.2) is 47.3 Å². The molecule has 2 rings (SSSR count). The molecule has 6 heteroatoms. The molecule has 1 saturated heterocycles. The molecule has 1 aliphatic rings. The van der Waals surface area contributed by atoms with Gasteiger partial charge in [0.25, 0.3) is 5.91 Å². The molecule has 100 valence electrons. The molecule has 1 aromatic rings. The second-order valence-corrected chi connectivity index (χ2v) is 4.46. The highest BCUT2D eigenvalue weighted by molar-refractivity contribution is 5.99. The summed E-state index contributed by atoms with van der Waals surface area (Å²) in [7, 11) is 0. The first kappa shape index (κ1) is 14.7. The maximum Gasteiger partial charge on any atom is 0.270 e. The zero-order chi connectivity index (χ0) is 12.4. The Morgan fingerprint density at radius 1 is 1.44 bits per heavy atom. The van der Waals surface area contributed by atoms with Crippen LogP contribution in [0.15, 0.2) is 12.3 Å². The molecule has 1 fully saturated rings. The molecule has 0 bridgehead atoms. The van der Waals surface area contributed by atoms with Gasteiger partial charge in [0.2, 0.25) is 0 Å². The number of ketones is 1. The molecule has 0 spiro atoms. The van der Waals surface area contributed by atoms with Crippen molar-refractivity contribution in [3.63, 3.8) is 0 Å². The van der Waals surface area contributed by atoms with Crippen LogP contribution in [0.25, 0.3) is 0 Å². The van der Waals surface area contributed by atoms with Crippen molar-refractivity contribution in [2.45, 2.75) is 19.9 Å². The van der Waals surface area contributed by atoms with Gasteiger partial charge in [-0.2, -0.15) is 0 Å². The SMILES string of the molecule is CC(=O)c1c[nH]c(C(=O)N2CCN[C@H](C)C2)c1.Cl. The van der Waals surface area contributed by atoms with Crippen molar-refractivity contribution >= 4 is 24.1 Å². The van der Waals surface area contributed by atoms with Crippen molar-refractivity contribution in [1.29, 1.82) is 0 Å². The van der Waals surface area contributed by atoms with Crippen LogP contribution in [0.4, 0.5) is 0 Å². The van der Waals surface area contributed by atoms with Gasteiger partial charge >= 0.3 is 0 Å². The minimum absolute atomic E-state index is 0. The maximum absolute atomic E-state index is 12.1. The molecule has 5 nitrogen and oxygen atoms in total. The Morgan fingerprint density at radius 2 is 2.17 bits per heavy atom. The van der Waals surface area contributed by atoms with E-state index in [1.54, 1.807) is 17.2 Å². The first-order chi connectivity index (χ1) is 8.08. The van der Waals surface area contributed by atoms with Crippen molar-refractivity contribution in [3.8, 4) is 0 Å². The smallest absolute Gasteiger partial charge is 0.270 e. The van der Waals surface area contributed by atoms with Gasteiger partial charge in [0, 0.05) is 37.4 Å². The Morgan fingerprint density at radius 3 is 2.72 bits per heavy atom.